The number of aromatic nitrogens is 3. The van der Waals surface area contributed by atoms with E-state index in [-0.39, 0.29) is 0 Å². The van der Waals surface area contributed by atoms with E-state index in [1.165, 1.54) is 18.4 Å². The van der Waals surface area contributed by atoms with Crippen LogP contribution in [-0.4, -0.2) is 28.0 Å². The molecule has 0 bridgehead atoms. The third-order valence-electron chi connectivity index (χ3n) is 3.71. The van der Waals surface area contributed by atoms with Crippen LogP contribution in [0.15, 0.2) is 23.3 Å². The second kappa shape index (κ2) is 8.83. The molecule has 0 aliphatic rings. The molecule has 0 unspecified atom stereocenters. The maximum Gasteiger partial charge on any atom is 0.225 e. The minimum absolute atomic E-state index is 0.740. The Balaban J connectivity index is 1.98. The smallest absolute Gasteiger partial charge is 0.225 e. The van der Waals surface area contributed by atoms with E-state index >= 15 is 0 Å². The summed E-state index contributed by atoms with van der Waals surface area (Å²) in [4.78, 5) is 15.8. The Kier molecular flexibility index (Phi) is 6.77. The lowest BCUT2D eigenvalue weighted by atomic mass is 10.1. The zero-order valence-electron chi connectivity index (χ0n) is 13.8. The van der Waals surface area contributed by atoms with Crippen LogP contribution in [-0.2, 0) is 12.8 Å². The third-order valence-corrected chi connectivity index (χ3v) is 4.35. The van der Waals surface area contributed by atoms with Gasteiger partial charge < -0.3 is 4.90 Å². The lowest BCUT2D eigenvalue weighted by Gasteiger charge is -2.22. The van der Waals surface area contributed by atoms with Crippen LogP contribution in [0.25, 0.3) is 0 Å². The van der Waals surface area contributed by atoms with Gasteiger partial charge in [0.05, 0.1) is 11.2 Å². The fraction of sp³-hybridized carbons (Fsp3) is 0.588. The summed E-state index contributed by atoms with van der Waals surface area (Å²) in [5.74, 6) is 1.58. The maximum absolute atomic E-state index is 4.54. The molecular formula is C17H26N4S. The normalized spacial score (nSPS) is 11.1. The predicted octanol–water partition coefficient (Wildman–Crippen LogP) is 3.98. The number of rotatable bonds is 9. The fourth-order valence-corrected chi connectivity index (χ4v) is 2.90. The fourth-order valence-electron chi connectivity index (χ4n) is 2.31. The summed E-state index contributed by atoms with van der Waals surface area (Å²) in [5, 5.41) is 2.12. The molecule has 0 fully saturated rings. The first kappa shape index (κ1) is 16.9. The van der Waals surface area contributed by atoms with Crippen molar-refractivity contribution in [2.45, 2.75) is 46.5 Å². The average molecular weight is 318 g/mol. The van der Waals surface area contributed by atoms with Gasteiger partial charge in [-0.3, -0.25) is 0 Å². The van der Waals surface area contributed by atoms with E-state index in [1.54, 1.807) is 11.3 Å². The van der Waals surface area contributed by atoms with Crippen molar-refractivity contribution >= 4 is 17.3 Å². The maximum atomic E-state index is 4.54. The molecule has 0 saturated carbocycles. The van der Waals surface area contributed by atoms with Crippen LogP contribution in [0.3, 0.4) is 0 Å². The topological polar surface area (TPSA) is 41.9 Å². The van der Waals surface area contributed by atoms with E-state index in [1.807, 2.05) is 17.9 Å². The molecule has 2 heterocycles. The van der Waals surface area contributed by atoms with Crippen LogP contribution < -0.4 is 4.90 Å². The summed E-state index contributed by atoms with van der Waals surface area (Å²) in [6, 6.07) is 0. The van der Waals surface area contributed by atoms with Gasteiger partial charge in [0.25, 0.3) is 0 Å². The van der Waals surface area contributed by atoms with Crippen LogP contribution >= 0.6 is 11.3 Å². The second-order valence-corrected chi connectivity index (χ2v) is 6.72. The molecular weight excluding hydrogens is 292 g/mol. The second-order valence-electron chi connectivity index (χ2n) is 6.00. The molecule has 0 N–H and O–H groups in total. The molecule has 0 aromatic carbocycles. The van der Waals surface area contributed by atoms with Crippen LogP contribution in [0.2, 0.25) is 0 Å². The van der Waals surface area contributed by atoms with Crippen LogP contribution in [0.1, 0.15) is 44.9 Å². The molecule has 0 aliphatic heterocycles. The monoisotopic (exact) mass is 318 g/mol. The number of nitrogens with zero attached hydrogens (tertiary/aromatic N) is 4. The minimum atomic E-state index is 0.740. The van der Waals surface area contributed by atoms with E-state index in [9.17, 15) is 0 Å². The largest absolute Gasteiger partial charge is 0.340 e. The van der Waals surface area contributed by atoms with Gasteiger partial charge in [-0.2, -0.15) is 0 Å². The van der Waals surface area contributed by atoms with E-state index in [0.717, 1.165) is 43.5 Å². The first-order valence-corrected chi connectivity index (χ1v) is 9.06. The predicted molar refractivity (Wildman–Crippen MR) is 93.5 cm³/mol. The lowest BCUT2D eigenvalue weighted by Crippen LogP contribution is -2.29. The Morgan fingerprint density at radius 3 is 2.50 bits per heavy atom. The van der Waals surface area contributed by atoms with Crippen LogP contribution in [0.5, 0.6) is 0 Å². The molecule has 22 heavy (non-hydrogen) atoms. The van der Waals surface area contributed by atoms with Crippen molar-refractivity contribution in [2.24, 2.45) is 5.92 Å². The minimum Gasteiger partial charge on any atom is -0.340 e. The highest BCUT2D eigenvalue weighted by Crippen LogP contribution is 2.13. The summed E-state index contributed by atoms with van der Waals surface area (Å²) in [6.07, 6.45) is 8.23. The quantitative estimate of drug-likeness (QED) is 0.701. The number of anilines is 1. The van der Waals surface area contributed by atoms with Gasteiger partial charge >= 0.3 is 0 Å². The van der Waals surface area contributed by atoms with Gasteiger partial charge in [0, 0.05) is 37.3 Å². The van der Waals surface area contributed by atoms with Crippen molar-refractivity contribution in [2.75, 3.05) is 18.0 Å². The standard InChI is InChI=1S/C17H26N4S/c1-4-15-10-18-17(19-11-15)21(8-5-6-14(2)3)9-7-16-12-22-13-20-16/h10-14H,4-9H2,1-3H3. The summed E-state index contributed by atoms with van der Waals surface area (Å²) in [6.45, 7) is 8.60. The SMILES string of the molecule is CCc1cnc(N(CCCC(C)C)CCc2cscn2)nc1. The first-order chi connectivity index (χ1) is 10.7. The van der Waals surface area contributed by atoms with Crippen molar-refractivity contribution in [1.82, 2.24) is 15.0 Å². The Hall–Kier alpha value is -1.49. The third kappa shape index (κ3) is 5.37. The molecule has 0 radical (unpaired) electrons. The molecule has 2 aromatic heterocycles. The summed E-state index contributed by atoms with van der Waals surface area (Å²) < 4.78 is 0. The molecule has 4 nitrogen and oxygen atoms in total. The Morgan fingerprint density at radius 2 is 1.91 bits per heavy atom. The van der Waals surface area contributed by atoms with E-state index in [0.29, 0.717) is 0 Å². The zero-order chi connectivity index (χ0) is 15.8. The molecule has 0 atom stereocenters. The van der Waals surface area contributed by atoms with Crippen LogP contribution in [0, 0.1) is 5.92 Å². The van der Waals surface area contributed by atoms with Crippen molar-refractivity contribution in [3.63, 3.8) is 0 Å². The highest BCUT2D eigenvalue weighted by molar-refractivity contribution is 7.07. The molecule has 0 spiro atoms. The van der Waals surface area contributed by atoms with Crippen LogP contribution in [0.4, 0.5) is 5.95 Å². The van der Waals surface area contributed by atoms with E-state index in [4.69, 9.17) is 0 Å². The van der Waals surface area contributed by atoms with Gasteiger partial charge in [-0.1, -0.05) is 20.8 Å². The summed E-state index contributed by atoms with van der Waals surface area (Å²) in [7, 11) is 0. The average Bonchev–Trinajstić information content (AvgIpc) is 3.04. The molecule has 2 aromatic rings. The molecule has 0 amide bonds. The van der Waals surface area contributed by atoms with Gasteiger partial charge in [-0.25, -0.2) is 15.0 Å². The Bertz CT molecular complexity index is 522. The zero-order valence-corrected chi connectivity index (χ0v) is 14.6. The van der Waals surface area contributed by atoms with E-state index in [2.05, 4.69) is 46.0 Å². The summed E-state index contributed by atoms with van der Waals surface area (Å²) >= 11 is 1.65. The van der Waals surface area contributed by atoms with Crippen molar-refractivity contribution in [3.05, 3.63) is 34.5 Å². The highest BCUT2D eigenvalue weighted by atomic mass is 32.1. The number of thiazole rings is 1. The number of hydrogen-bond donors (Lipinski definition) is 0. The van der Waals surface area contributed by atoms with Crippen molar-refractivity contribution in [1.29, 1.82) is 0 Å². The Labute approximate surface area is 137 Å². The lowest BCUT2D eigenvalue weighted by molar-refractivity contribution is 0.546. The van der Waals surface area contributed by atoms with Gasteiger partial charge in [-0.05, 0) is 30.7 Å². The van der Waals surface area contributed by atoms with Gasteiger partial charge in [0.1, 0.15) is 0 Å². The van der Waals surface area contributed by atoms with Gasteiger partial charge in [0.15, 0.2) is 0 Å². The van der Waals surface area contributed by atoms with Gasteiger partial charge in [-0.15, -0.1) is 11.3 Å². The molecule has 120 valence electrons. The van der Waals surface area contributed by atoms with Gasteiger partial charge in [0.2, 0.25) is 5.95 Å². The number of hydrogen-bond acceptors (Lipinski definition) is 5. The summed E-state index contributed by atoms with van der Waals surface area (Å²) in [5.41, 5.74) is 4.24. The molecule has 5 heteroatoms. The van der Waals surface area contributed by atoms with Crippen molar-refractivity contribution < 1.29 is 0 Å². The number of aryl methyl sites for hydroxylation is 1. The highest BCUT2D eigenvalue weighted by Gasteiger charge is 2.10. The Morgan fingerprint density at radius 1 is 1.14 bits per heavy atom. The first-order valence-electron chi connectivity index (χ1n) is 8.12. The molecule has 0 saturated heterocycles. The molecule has 2 rings (SSSR count). The van der Waals surface area contributed by atoms with E-state index < -0.39 is 0 Å². The molecule has 0 aliphatic carbocycles. The van der Waals surface area contributed by atoms with Crippen molar-refractivity contribution in [3.8, 4) is 0 Å².